The Morgan fingerprint density at radius 1 is 1.31 bits per heavy atom. The second kappa shape index (κ2) is 3.72. The van der Waals surface area contributed by atoms with E-state index in [0.717, 1.165) is 9.13 Å². The van der Waals surface area contributed by atoms with Crippen molar-refractivity contribution in [1.29, 1.82) is 0 Å². The molecule has 16 heavy (non-hydrogen) atoms. The van der Waals surface area contributed by atoms with Gasteiger partial charge in [-0.1, -0.05) is 0 Å². The van der Waals surface area contributed by atoms with E-state index in [1.807, 2.05) is 0 Å². The van der Waals surface area contributed by atoms with E-state index in [1.54, 1.807) is 0 Å². The summed E-state index contributed by atoms with van der Waals surface area (Å²) in [5.41, 5.74) is 3.95. The van der Waals surface area contributed by atoms with Gasteiger partial charge in [0.1, 0.15) is 5.82 Å². The molecular weight excluding hydrogens is 216 g/mol. The number of amides is 1. The normalized spacial score (nSPS) is 10.2. The molecule has 8 nitrogen and oxygen atoms in total. The third-order valence-corrected chi connectivity index (χ3v) is 2.31. The summed E-state index contributed by atoms with van der Waals surface area (Å²) in [7, 11) is 3.79. The zero-order valence-corrected chi connectivity index (χ0v) is 9.09. The number of carbonyl (C=O) groups is 1. The van der Waals surface area contributed by atoms with Crippen LogP contribution in [0, 0.1) is 0 Å². The van der Waals surface area contributed by atoms with Gasteiger partial charge in [-0.05, 0) is 0 Å². The van der Waals surface area contributed by atoms with Crippen LogP contribution in [0.15, 0.2) is 9.59 Å². The third-order valence-electron chi connectivity index (χ3n) is 2.31. The standard InChI is InChI=1S/C8H12N4O4/c1-10(8(15)16)4-5(9)11(2)7(14)12(3)6(4)13/h9H2,1-3H3,(H,15,16). The maximum absolute atomic E-state index is 11.7. The number of rotatable bonds is 1. The molecule has 0 fully saturated rings. The Labute approximate surface area is 90.1 Å². The molecule has 0 aliphatic carbocycles. The molecule has 0 aliphatic heterocycles. The Kier molecular flexibility index (Phi) is 2.75. The number of carboxylic acid groups (broad SMARTS) is 1. The van der Waals surface area contributed by atoms with Gasteiger partial charge < -0.3 is 10.8 Å². The van der Waals surface area contributed by atoms with Gasteiger partial charge in [0.25, 0.3) is 5.56 Å². The van der Waals surface area contributed by atoms with Crippen LogP contribution in [0.2, 0.25) is 0 Å². The van der Waals surface area contributed by atoms with Gasteiger partial charge in [-0.3, -0.25) is 18.8 Å². The number of aromatic nitrogens is 2. The van der Waals surface area contributed by atoms with Gasteiger partial charge in [0.2, 0.25) is 0 Å². The summed E-state index contributed by atoms with van der Waals surface area (Å²) in [4.78, 5) is 34.5. The smallest absolute Gasteiger partial charge is 0.411 e. The molecule has 1 amide bonds. The minimum atomic E-state index is -1.33. The van der Waals surface area contributed by atoms with Gasteiger partial charge in [0.05, 0.1) is 0 Å². The van der Waals surface area contributed by atoms with Crippen LogP contribution in [0.4, 0.5) is 16.3 Å². The summed E-state index contributed by atoms with van der Waals surface area (Å²) in [5, 5.41) is 8.77. The van der Waals surface area contributed by atoms with Crippen LogP contribution >= 0.6 is 0 Å². The molecule has 1 heterocycles. The average Bonchev–Trinajstić information content (AvgIpc) is 2.23. The molecule has 0 spiro atoms. The zero-order chi connectivity index (χ0) is 12.6. The van der Waals surface area contributed by atoms with E-state index in [9.17, 15) is 14.4 Å². The second-order valence-electron chi connectivity index (χ2n) is 3.28. The highest BCUT2D eigenvalue weighted by molar-refractivity contribution is 5.88. The first kappa shape index (κ1) is 11.8. The summed E-state index contributed by atoms with van der Waals surface area (Å²) in [5.74, 6) is -0.182. The van der Waals surface area contributed by atoms with Gasteiger partial charge in [0, 0.05) is 21.1 Å². The molecule has 8 heteroatoms. The molecule has 1 rings (SSSR count). The van der Waals surface area contributed by atoms with E-state index in [4.69, 9.17) is 10.8 Å². The van der Waals surface area contributed by atoms with Crippen LogP contribution in [-0.2, 0) is 14.1 Å². The number of nitrogens with two attached hydrogens (primary N) is 1. The number of hydrogen-bond donors (Lipinski definition) is 2. The van der Waals surface area contributed by atoms with Crippen molar-refractivity contribution < 1.29 is 9.90 Å². The predicted molar refractivity (Wildman–Crippen MR) is 57.8 cm³/mol. The molecule has 0 aromatic carbocycles. The van der Waals surface area contributed by atoms with Gasteiger partial charge in [-0.15, -0.1) is 0 Å². The van der Waals surface area contributed by atoms with Crippen LogP contribution in [0.1, 0.15) is 0 Å². The highest BCUT2D eigenvalue weighted by atomic mass is 16.4. The Hall–Kier alpha value is -2.25. The summed E-state index contributed by atoms with van der Waals surface area (Å²) in [6.07, 6.45) is -1.33. The topological polar surface area (TPSA) is 111 Å². The Morgan fingerprint density at radius 2 is 1.81 bits per heavy atom. The Morgan fingerprint density at radius 3 is 2.25 bits per heavy atom. The first-order valence-electron chi connectivity index (χ1n) is 4.31. The van der Waals surface area contributed by atoms with Crippen molar-refractivity contribution in [2.45, 2.75) is 0 Å². The van der Waals surface area contributed by atoms with E-state index in [0.29, 0.717) is 4.90 Å². The zero-order valence-electron chi connectivity index (χ0n) is 9.09. The van der Waals surface area contributed by atoms with Gasteiger partial charge in [-0.2, -0.15) is 0 Å². The number of hydrogen-bond acceptors (Lipinski definition) is 4. The number of nitrogens with zero attached hydrogens (tertiary/aromatic N) is 3. The van der Waals surface area contributed by atoms with Gasteiger partial charge in [-0.25, -0.2) is 9.59 Å². The van der Waals surface area contributed by atoms with Crippen molar-refractivity contribution in [2.75, 3.05) is 17.7 Å². The van der Waals surface area contributed by atoms with E-state index in [2.05, 4.69) is 0 Å². The van der Waals surface area contributed by atoms with Crippen molar-refractivity contribution >= 4 is 17.6 Å². The van der Waals surface area contributed by atoms with Gasteiger partial charge in [0.15, 0.2) is 5.69 Å². The Balaban J connectivity index is 3.72. The largest absolute Gasteiger partial charge is 0.465 e. The summed E-state index contributed by atoms with van der Waals surface area (Å²) >= 11 is 0. The van der Waals surface area contributed by atoms with Crippen LogP contribution in [0.5, 0.6) is 0 Å². The molecular formula is C8H12N4O4. The second-order valence-corrected chi connectivity index (χ2v) is 3.28. The molecule has 0 aliphatic rings. The summed E-state index contributed by atoms with van der Waals surface area (Å²) in [6.45, 7) is 0. The highest BCUT2D eigenvalue weighted by Gasteiger charge is 2.20. The quantitative estimate of drug-likeness (QED) is 0.626. The lowest BCUT2D eigenvalue weighted by atomic mass is 10.4. The summed E-state index contributed by atoms with van der Waals surface area (Å²) < 4.78 is 1.81. The van der Waals surface area contributed by atoms with E-state index < -0.39 is 17.3 Å². The van der Waals surface area contributed by atoms with Crippen molar-refractivity contribution in [2.24, 2.45) is 14.1 Å². The Bertz CT molecular complexity index is 556. The average molecular weight is 228 g/mol. The van der Waals surface area contributed by atoms with Crippen molar-refractivity contribution in [3.05, 3.63) is 20.8 Å². The monoisotopic (exact) mass is 228 g/mol. The molecule has 0 radical (unpaired) electrons. The molecule has 0 saturated heterocycles. The molecule has 0 unspecified atom stereocenters. The first-order chi connectivity index (χ1) is 7.29. The lowest BCUT2D eigenvalue weighted by Crippen LogP contribution is -2.42. The molecule has 3 N–H and O–H groups in total. The summed E-state index contributed by atoms with van der Waals surface area (Å²) in [6, 6.07) is 0. The fourth-order valence-electron chi connectivity index (χ4n) is 1.25. The molecule has 88 valence electrons. The lowest BCUT2D eigenvalue weighted by molar-refractivity contribution is 0.203. The van der Waals surface area contributed by atoms with Gasteiger partial charge >= 0.3 is 11.8 Å². The first-order valence-corrected chi connectivity index (χ1v) is 4.31. The lowest BCUT2D eigenvalue weighted by Gasteiger charge is -2.17. The molecule has 0 atom stereocenters. The van der Waals surface area contributed by atoms with Crippen molar-refractivity contribution in [3.8, 4) is 0 Å². The fourth-order valence-corrected chi connectivity index (χ4v) is 1.25. The number of anilines is 2. The fraction of sp³-hybridized carbons (Fsp3) is 0.375. The van der Waals surface area contributed by atoms with Crippen LogP contribution in [0.3, 0.4) is 0 Å². The van der Waals surface area contributed by atoms with Crippen LogP contribution in [-0.4, -0.2) is 27.4 Å². The minimum absolute atomic E-state index is 0.182. The predicted octanol–water partition coefficient (Wildman–Crippen LogP) is -1.22. The number of nitrogen functional groups attached to an aromatic ring is 1. The van der Waals surface area contributed by atoms with Crippen LogP contribution < -0.4 is 21.9 Å². The van der Waals surface area contributed by atoms with E-state index in [1.165, 1.54) is 21.1 Å². The van der Waals surface area contributed by atoms with E-state index >= 15 is 0 Å². The van der Waals surface area contributed by atoms with E-state index in [-0.39, 0.29) is 11.5 Å². The maximum atomic E-state index is 11.7. The molecule has 1 aromatic heterocycles. The third kappa shape index (κ3) is 1.53. The van der Waals surface area contributed by atoms with Crippen LogP contribution in [0.25, 0.3) is 0 Å². The van der Waals surface area contributed by atoms with Crippen molar-refractivity contribution in [3.63, 3.8) is 0 Å². The molecule has 0 bridgehead atoms. The maximum Gasteiger partial charge on any atom is 0.411 e. The SMILES string of the molecule is CN(C(=O)O)c1c(N)n(C)c(=O)n(C)c1=O. The molecule has 1 aromatic rings. The van der Waals surface area contributed by atoms with Crippen molar-refractivity contribution in [1.82, 2.24) is 9.13 Å². The highest BCUT2D eigenvalue weighted by Crippen LogP contribution is 2.13. The molecule has 0 saturated carbocycles. The minimum Gasteiger partial charge on any atom is -0.465 e.